The zero-order valence-corrected chi connectivity index (χ0v) is 13.8. The van der Waals surface area contributed by atoms with E-state index in [2.05, 4.69) is 43.3 Å². The molecule has 1 aromatic heterocycles. The second-order valence-electron chi connectivity index (χ2n) is 3.78. The summed E-state index contributed by atoms with van der Waals surface area (Å²) < 4.78 is 7.52. The molecule has 0 aliphatic heterocycles. The first kappa shape index (κ1) is 14.1. The Morgan fingerprint density at radius 1 is 1.33 bits per heavy atom. The standard InChI is InChI=1S/C13H13Br2NOS/c1-2-17-9-3-4-10(11(14)6-9)13(16)8-5-12(15)18-7-8/h3-7,13H,2,16H2,1H3. The molecule has 1 atom stereocenters. The summed E-state index contributed by atoms with van der Waals surface area (Å²) in [4.78, 5) is 0. The van der Waals surface area contributed by atoms with Crippen molar-refractivity contribution in [3.63, 3.8) is 0 Å². The van der Waals surface area contributed by atoms with E-state index in [1.165, 1.54) is 0 Å². The number of benzene rings is 1. The van der Waals surface area contributed by atoms with Crippen LogP contribution in [0.15, 0.2) is 37.9 Å². The van der Waals surface area contributed by atoms with Crippen LogP contribution in [-0.2, 0) is 0 Å². The van der Waals surface area contributed by atoms with Crippen LogP contribution < -0.4 is 10.5 Å². The Morgan fingerprint density at radius 2 is 2.11 bits per heavy atom. The van der Waals surface area contributed by atoms with Gasteiger partial charge in [-0.25, -0.2) is 0 Å². The minimum Gasteiger partial charge on any atom is -0.494 e. The highest BCUT2D eigenvalue weighted by Crippen LogP contribution is 2.33. The lowest BCUT2D eigenvalue weighted by Crippen LogP contribution is -2.11. The molecule has 18 heavy (non-hydrogen) atoms. The number of hydrogen-bond acceptors (Lipinski definition) is 3. The SMILES string of the molecule is CCOc1ccc(C(N)c2csc(Br)c2)c(Br)c1. The molecule has 0 aliphatic rings. The molecule has 0 aliphatic carbocycles. The fraction of sp³-hybridized carbons (Fsp3) is 0.231. The summed E-state index contributed by atoms with van der Waals surface area (Å²) in [5.74, 6) is 0.854. The predicted molar refractivity (Wildman–Crippen MR) is 83.4 cm³/mol. The largest absolute Gasteiger partial charge is 0.494 e. The van der Waals surface area contributed by atoms with Gasteiger partial charge in [0.25, 0.3) is 0 Å². The number of nitrogens with two attached hydrogens (primary N) is 1. The molecule has 2 nitrogen and oxygen atoms in total. The van der Waals surface area contributed by atoms with E-state index in [9.17, 15) is 0 Å². The van der Waals surface area contributed by atoms with E-state index in [4.69, 9.17) is 10.5 Å². The van der Waals surface area contributed by atoms with E-state index >= 15 is 0 Å². The van der Waals surface area contributed by atoms with Gasteiger partial charge in [-0.1, -0.05) is 22.0 Å². The summed E-state index contributed by atoms with van der Waals surface area (Å²) in [5, 5.41) is 2.07. The summed E-state index contributed by atoms with van der Waals surface area (Å²) in [7, 11) is 0. The third kappa shape index (κ3) is 3.15. The van der Waals surface area contributed by atoms with E-state index in [1.807, 2.05) is 25.1 Å². The monoisotopic (exact) mass is 389 g/mol. The van der Waals surface area contributed by atoms with Gasteiger partial charge in [-0.2, -0.15) is 0 Å². The second kappa shape index (κ2) is 6.19. The van der Waals surface area contributed by atoms with Crippen molar-refractivity contribution in [2.45, 2.75) is 13.0 Å². The normalized spacial score (nSPS) is 12.4. The Hall–Kier alpha value is -0.360. The fourth-order valence-corrected chi connectivity index (χ4v) is 3.50. The Bertz CT molecular complexity index is 542. The maximum absolute atomic E-state index is 6.27. The van der Waals surface area contributed by atoms with Gasteiger partial charge in [0, 0.05) is 4.47 Å². The Kier molecular flexibility index (Phi) is 4.84. The van der Waals surface area contributed by atoms with E-state index in [-0.39, 0.29) is 6.04 Å². The summed E-state index contributed by atoms with van der Waals surface area (Å²) in [5.41, 5.74) is 8.44. The number of hydrogen-bond donors (Lipinski definition) is 1. The lowest BCUT2D eigenvalue weighted by Gasteiger charge is -2.14. The second-order valence-corrected chi connectivity index (χ2v) is 6.92. The van der Waals surface area contributed by atoms with Gasteiger partial charge in [0.05, 0.1) is 16.4 Å². The molecule has 0 amide bonds. The van der Waals surface area contributed by atoms with Gasteiger partial charge in [-0.05, 0) is 57.6 Å². The number of halogens is 2. The lowest BCUT2D eigenvalue weighted by atomic mass is 10.0. The van der Waals surface area contributed by atoms with Crippen LogP contribution in [0.4, 0.5) is 0 Å². The average molecular weight is 391 g/mol. The molecular weight excluding hydrogens is 378 g/mol. The van der Waals surface area contributed by atoms with Crippen molar-refractivity contribution in [2.75, 3.05) is 6.61 Å². The van der Waals surface area contributed by atoms with Crippen molar-refractivity contribution in [1.82, 2.24) is 0 Å². The molecule has 1 unspecified atom stereocenters. The summed E-state index contributed by atoms with van der Waals surface area (Å²) >= 11 is 8.65. The minimum atomic E-state index is -0.127. The topological polar surface area (TPSA) is 35.2 Å². The molecule has 2 rings (SSSR count). The summed E-state index contributed by atoms with van der Waals surface area (Å²) in [6.45, 7) is 2.63. The van der Waals surface area contributed by atoms with Crippen LogP contribution in [0.5, 0.6) is 5.75 Å². The first-order chi connectivity index (χ1) is 8.61. The summed E-state index contributed by atoms with van der Waals surface area (Å²) in [6.07, 6.45) is 0. The smallest absolute Gasteiger partial charge is 0.120 e. The molecular formula is C13H13Br2NOS. The van der Waals surface area contributed by atoms with Crippen molar-refractivity contribution in [3.05, 3.63) is 49.0 Å². The van der Waals surface area contributed by atoms with Crippen LogP contribution in [0, 0.1) is 0 Å². The average Bonchev–Trinajstić information content (AvgIpc) is 2.76. The third-order valence-electron chi connectivity index (χ3n) is 2.56. The number of rotatable bonds is 4. The van der Waals surface area contributed by atoms with Crippen molar-refractivity contribution >= 4 is 43.2 Å². The minimum absolute atomic E-state index is 0.127. The first-order valence-corrected chi connectivity index (χ1v) is 8.00. The van der Waals surface area contributed by atoms with Crippen molar-refractivity contribution in [1.29, 1.82) is 0 Å². The molecule has 0 bridgehead atoms. The van der Waals surface area contributed by atoms with Crippen LogP contribution in [0.1, 0.15) is 24.1 Å². The quantitative estimate of drug-likeness (QED) is 0.819. The van der Waals surface area contributed by atoms with E-state index in [1.54, 1.807) is 11.3 Å². The van der Waals surface area contributed by atoms with E-state index in [0.29, 0.717) is 6.61 Å². The van der Waals surface area contributed by atoms with Crippen LogP contribution in [0.3, 0.4) is 0 Å². The maximum atomic E-state index is 6.27. The van der Waals surface area contributed by atoms with Crippen molar-refractivity contribution < 1.29 is 4.74 Å². The lowest BCUT2D eigenvalue weighted by molar-refractivity contribution is 0.340. The molecule has 1 heterocycles. The van der Waals surface area contributed by atoms with E-state index in [0.717, 1.165) is 25.1 Å². The van der Waals surface area contributed by atoms with Crippen LogP contribution >= 0.6 is 43.2 Å². The van der Waals surface area contributed by atoms with E-state index < -0.39 is 0 Å². The molecule has 0 radical (unpaired) electrons. The summed E-state index contributed by atoms with van der Waals surface area (Å²) in [6, 6.07) is 7.84. The van der Waals surface area contributed by atoms with Crippen molar-refractivity contribution in [3.8, 4) is 5.75 Å². The number of thiophene rings is 1. The molecule has 2 N–H and O–H groups in total. The van der Waals surface area contributed by atoms with Crippen LogP contribution in [0.25, 0.3) is 0 Å². The molecule has 0 saturated heterocycles. The van der Waals surface area contributed by atoms with Gasteiger partial charge in [0.2, 0.25) is 0 Å². The van der Waals surface area contributed by atoms with Crippen LogP contribution in [-0.4, -0.2) is 6.61 Å². The molecule has 0 saturated carbocycles. The van der Waals surface area contributed by atoms with Gasteiger partial charge >= 0.3 is 0 Å². The Balaban J connectivity index is 2.28. The Morgan fingerprint density at radius 3 is 2.67 bits per heavy atom. The molecule has 0 fully saturated rings. The third-order valence-corrected chi connectivity index (χ3v) is 4.77. The predicted octanol–water partition coefficient (Wildman–Crippen LogP) is 4.72. The fourth-order valence-electron chi connectivity index (χ4n) is 1.68. The highest BCUT2D eigenvalue weighted by molar-refractivity contribution is 9.11. The van der Waals surface area contributed by atoms with Crippen LogP contribution in [0.2, 0.25) is 0 Å². The zero-order chi connectivity index (χ0) is 13.1. The maximum Gasteiger partial charge on any atom is 0.120 e. The molecule has 1 aromatic carbocycles. The number of ether oxygens (including phenoxy) is 1. The molecule has 5 heteroatoms. The molecule has 0 spiro atoms. The van der Waals surface area contributed by atoms with Gasteiger partial charge in [-0.15, -0.1) is 11.3 Å². The van der Waals surface area contributed by atoms with Gasteiger partial charge < -0.3 is 10.5 Å². The van der Waals surface area contributed by atoms with Gasteiger partial charge in [0.15, 0.2) is 0 Å². The van der Waals surface area contributed by atoms with Gasteiger partial charge in [-0.3, -0.25) is 0 Å². The van der Waals surface area contributed by atoms with Crippen molar-refractivity contribution in [2.24, 2.45) is 5.73 Å². The Labute approximate surface area is 127 Å². The highest BCUT2D eigenvalue weighted by Gasteiger charge is 2.14. The zero-order valence-electron chi connectivity index (χ0n) is 9.82. The van der Waals surface area contributed by atoms with Gasteiger partial charge in [0.1, 0.15) is 5.75 Å². The first-order valence-electron chi connectivity index (χ1n) is 5.53. The highest BCUT2D eigenvalue weighted by atomic mass is 79.9. The molecule has 96 valence electrons. The molecule has 2 aromatic rings.